The van der Waals surface area contributed by atoms with Crippen molar-refractivity contribution in [3.8, 4) is 0 Å². The van der Waals surface area contributed by atoms with E-state index in [0.29, 0.717) is 17.7 Å². The van der Waals surface area contributed by atoms with Crippen LogP contribution in [0.15, 0.2) is 12.7 Å². The van der Waals surface area contributed by atoms with Gasteiger partial charge in [-0.15, -0.1) is 0 Å². The predicted molar refractivity (Wildman–Crippen MR) is 85.3 cm³/mol. The van der Waals surface area contributed by atoms with E-state index in [1.54, 1.807) is 0 Å². The molecule has 0 aromatic carbocycles. The molecule has 3 rings (SSSR count). The Morgan fingerprint density at radius 1 is 1.48 bits per heavy atom. The van der Waals surface area contributed by atoms with Gasteiger partial charge >= 0.3 is 6.09 Å². The van der Waals surface area contributed by atoms with Crippen LogP contribution >= 0.6 is 0 Å². The van der Waals surface area contributed by atoms with Crippen LogP contribution in [0.4, 0.5) is 10.6 Å². The molecule has 1 amide bonds. The summed E-state index contributed by atoms with van der Waals surface area (Å²) in [7, 11) is 0. The molecule has 0 spiro atoms. The number of ether oxygens (including phenoxy) is 2. The largest absolute Gasteiger partial charge is 0.439 e. The first-order valence-corrected chi connectivity index (χ1v) is 7.88. The summed E-state index contributed by atoms with van der Waals surface area (Å²) in [5, 5.41) is 22.3. The van der Waals surface area contributed by atoms with E-state index in [1.807, 2.05) is 6.92 Å². The Hall–Kier alpha value is -2.50. The van der Waals surface area contributed by atoms with Gasteiger partial charge in [0, 0.05) is 6.54 Å². The zero-order valence-corrected chi connectivity index (χ0v) is 13.6. The summed E-state index contributed by atoms with van der Waals surface area (Å²) < 4.78 is 12.5. The topological polar surface area (TPSA) is 158 Å². The van der Waals surface area contributed by atoms with Gasteiger partial charge in [-0.05, 0) is 6.42 Å². The normalized spacial score (nSPS) is 26.0. The highest BCUT2D eigenvalue weighted by Gasteiger charge is 2.47. The average Bonchev–Trinajstić information content (AvgIpc) is 3.16. The summed E-state index contributed by atoms with van der Waals surface area (Å²) in [5.41, 5.74) is 6.50. The van der Waals surface area contributed by atoms with Gasteiger partial charge in [0.15, 0.2) is 23.8 Å². The number of nitrogens with zero attached hydrogens (tertiary/aromatic N) is 4. The minimum Gasteiger partial charge on any atom is -0.439 e. The van der Waals surface area contributed by atoms with E-state index in [4.69, 9.17) is 15.2 Å². The van der Waals surface area contributed by atoms with Gasteiger partial charge in [-0.2, -0.15) is 0 Å². The lowest BCUT2D eigenvalue weighted by molar-refractivity contribution is -0.0529. The van der Waals surface area contributed by atoms with Crippen LogP contribution in [0, 0.1) is 0 Å². The van der Waals surface area contributed by atoms with Gasteiger partial charge in [0.25, 0.3) is 0 Å². The summed E-state index contributed by atoms with van der Waals surface area (Å²) in [6.45, 7) is 1.91. The Morgan fingerprint density at radius 3 is 3.00 bits per heavy atom. The Balaban J connectivity index is 1.90. The number of rotatable bonds is 5. The number of hydrogen-bond donors (Lipinski definition) is 4. The number of carbonyl (C=O) groups is 1. The van der Waals surface area contributed by atoms with Crippen LogP contribution < -0.4 is 11.1 Å². The minimum absolute atomic E-state index is 0.194. The summed E-state index contributed by atoms with van der Waals surface area (Å²) in [5.74, 6) is 0.194. The number of aliphatic hydroxyl groups excluding tert-OH is 2. The second-order valence-corrected chi connectivity index (χ2v) is 5.62. The highest BCUT2D eigenvalue weighted by atomic mass is 16.6. The monoisotopic (exact) mass is 352 g/mol. The summed E-state index contributed by atoms with van der Waals surface area (Å²) in [4.78, 5) is 24.0. The first-order chi connectivity index (χ1) is 12.1. The Morgan fingerprint density at radius 2 is 2.28 bits per heavy atom. The molecular formula is C14H20N6O5. The predicted octanol–water partition coefficient (Wildman–Crippen LogP) is -0.836. The van der Waals surface area contributed by atoms with E-state index in [-0.39, 0.29) is 5.82 Å². The molecule has 3 heterocycles. The van der Waals surface area contributed by atoms with Crippen molar-refractivity contribution in [3.05, 3.63) is 12.7 Å². The zero-order valence-electron chi connectivity index (χ0n) is 13.6. The van der Waals surface area contributed by atoms with Crippen LogP contribution in [0.1, 0.15) is 19.6 Å². The van der Waals surface area contributed by atoms with E-state index in [9.17, 15) is 15.0 Å². The molecule has 1 saturated heterocycles. The second kappa shape index (κ2) is 7.17. The lowest BCUT2D eigenvalue weighted by Gasteiger charge is -2.22. The smallest absolute Gasteiger partial charge is 0.407 e. The molecule has 2 aromatic rings. The van der Waals surface area contributed by atoms with Crippen LogP contribution in [-0.2, 0) is 9.47 Å². The van der Waals surface area contributed by atoms with Crippen molar-refractivity contribution in [2.24, 2.45) is 0 Å². The SMILES string of the molecule is CCCNC(=O)O[C@@H]1[C@H](O)[C@@H](CO)O[C@H]1n1cnc2c(N)ncnc21. The Bertz CT molecular complexity index is 752. The van der Waals surface area contributed by atoms with E-state index < -0.39 is 37.2 Å². The fourth-order valence-electron chi connectivity index (χ4n) is 2.67. The summed E-state index contributed by atoms with van der Waals surface area (Å²) >= 11 is 0. The van der Waals surface area contributed by atoms with Crippen molar-refractivity contribution in [1.82, 2.24) is 24.8 Å². The fraction of sp³-hybridized carbons (Fsp3) is 0.571. The number of alkyl carbamates (subject to hydrolysis) is 1. The summed E-state index contributed by atoms with van der Waals surface area (Å²) in [6.07, 6.45) is -1.35. The van der Waals surface area contributed by atoms with Gasteiger partial charge in [0.2, 0.25) is 0 Å². The molecule has 1 aliphatic rings. The number of aromatic nitrogens is 4. The maximum atomic E-state index is 11.9. The van der Waals surface area contributed by atoms with E-state index in [0.717, 1.165) is 6.42 Å². The third-order valence-corrected chi connectivity index (χ3v) is 3.92. The lowest BCUT2D eigenvalue weighted by Crippen LogP contribution is -2.39. The first-order valence-electron chi connectivity index (χ1n) is 7.88. The molecule has 25 heavy (non-hydrogen) atoms. The van der Waals surface area contributed by atoms with Crippen LogP contribution in [0.25, 0.3) is 11.2 Å². The molecule has 0 radical (unpaired) electrons. The summed E-state index contributed by atoms with van der Waals surface area (Å²) in [6, 6.07) is 0. The van der Waals surface area contributed by atoms with E-state index >= 15 is 0 Å². The van der Waals surface area contributed by atoms with Crippen molar-refractivity contribution in [2.75, 3.05) is 18.9 Å². The fourth-order valence-corrected chi connectivity index (χ4v) is 2.67. The van der Waals surface area contributed by atoms with Gasteiger partial charge in [-0.3, -0.25) is 4.57 Å². The number of hydrogen-bond acceptors (Lipinski definition) is 9. The third-order valence-electron chi connectivity index (χ3n) is 3.92. The second-order valence-electron chi connectivity index (χ2n) is 5.62. The maximum absolute atomic E-state index is 11.9. The van der Waals surface area contributed by atoms with Crippen LogP contribution in [0.5, 0.6) is 0 Å². The van der Waals surface area contributed by atoms with Gasteiger partial charge in [-0.1, -0.05) is 6.92 Å². The van der Waals surface area contributed by atoms with Gasteiger partial charge in [0.1, 0.15) is 24.1 Å². The van der Waals surface area contributed by atoms with Gasteiger partial charge in [-0.25, -0.2) is 19.7 Å². The Kier molecular flexibility index (Phi) is 4.97. The van der Waals surface area contributed by atoms with Gasteiger partial charge in [0.05, 0.1) is 12.9 Å². The van der Waals surface area contributed by atoms with Crippen LogP contribution in [0.3, 0.4) is 0 Å². The van der Waals surface area contributed by atoms with Gasteiger partial charge < -0.3 is 30.7 Å². The molecule has 0 saturated carbocycles. The molecule has 1 aliphatic heterocycles. The number of nitrogen functional groups attached to an aromatic ring is 1. The minimum atomic E-state index is -1.21. The number of carbonyl (C=O) groups excluding carboxylic acids is 1. The van der Waals surface area contributed by atoms with Crippen molar-refractivity contribution in [3.63, 3.8) is 0 Å². The number of anilines is 1. The number of fused-ring (bicyclic) bond motifs is 1. The Labute approximate surface area is 142 Å². The molecule has 11 heteroatoms. The molecule has 4 atom stereocenters. The quantitative estimate of drug-likeness (QED) is 0.538. The van der Waals surface area contributed by atoms with Crippen molar-refractivity contribution in [1.29, 1.82) is 0 Å². The molecule has 5 N–H and O–H groups in total. The molecule has 0 unspecified atom stereocenters. The van der Waals surface area contributed by atoms with Crippen LogP contribution in [0.2, 0.25) is 0 Å². The molecule has 136 valence electrons. The molecule has 0 aliphatic carbocycles. The molecule has 0 bridgehead atoms. The van der Waals surface area contributed by atoms with Crippen molar-refractivity contribution >= 4 is 23.1 Å². The van der Waals surface area contributed by atoms with Crippen LogP contribution in [-0.4, -0.2) is 67.3 Å². The third kappa shape index (κ3) is 3.21. The maximum Gasteiger partial charge on any atom is 0.407 e. The number of aliphatic hydroxyl groups is 2. The van der Waals surface area contributed by atoms with Crippen molar-refractivity contribution < 1.29 is 24.5 Å². The number of amides is 1. The molecular weight excluding hydrogens is 332 g/mol. The first kappa shape index (κ1) is 17.3. The van der Waals surface area contributed by atoms with E-state index in [1.165, 1.54) is 17.2 Å². The van der Waals surface area contributed by atoms with E-state index in [2.05, 4.69) is 20.3 Å². The zero-order chi connectivity index (χ0) is 18.0. The number of nitrogens with one attached hydrogen (secondary N) is 1. The standard InChI is InChI=1S/C14H20N6O5/c1-2-3-16-14(23)25-10-9(22)7(4-21)24-13(10)20-6-19-8-11(15)17-5-18-12(8)20/h5-7,9-10,13,21-22H,2-4H2,1H3,(H,16,23)(H2,15,17,18)/t7-,9-,10-,13-/m1/s1. The highest BCUT2D eigenvalue weighted by molar-refractivity contribution is 5.81. The molecule has 2 aromatic heterocycles. The number of imidazole rings is 1. The molecule has 11 nitrogen and oxygen atoms in total. The average molecular weight is 352 g/mol. The highest BCUT2D eigenvalue weighted by Crippen LogP contribution is 2.33. The number of nitrogens with two attached hydrogens (primary N) is 1. The molecule has 1 fully saturated rings. The lowest BCUT2D eigenvalue weighted by atomic mass is 10.1. The van der Waals surface area contributed by atoms with Crippen molar-refractivity contribution in [2.45, 2.75) is 37.9 Å².